The summed E-state index contributed by atoms with van der Waals surface area (Å²) in [5.41, 5.74) is 4.48. The van der Waals surface area contributed by atoms with Gasteiger partial charge in [-0.2, -0.15) is 0 Å². The average molecular weight is 494 g/mol. The molecule has 1 saturated heterocycles. The Bertz CT molecular complexity index is 1180. The lowest BCUT2D eigenvalue weighted by Crippen LogP contribution is -2.53. The third-order valence-electron chi connectivity index (χ3n) is 6.90. The van der Waals surface area contributed by atoms with E-state index in [1.165, 1.54) is 21.6 Å². The zero-order valence-corrected chi connectivity index (χ0v) is 20.8. The lowest BCUT2D eigenvalue weighted by atomic mass is 9.90. The van der Waals surface area contributed by atoms with Gasteiger partial charge in [-0.1, -0.05) is 35.9 Å². The number of thiophene rings is 1. The van der Waals surface area contributed by atoms with Crippen molar-refractivity contribution in [3.05, 3.63) is 92.1 Å². The van der Waals surface area contributed by atoms with E-state index < -0.39 is 0 Å². The Hall–Kier alpha value is -2.67. The Morgan fingerprint density at radius 1 is 0.912 bits per heavy atom. The molecule has 2 aliphatic rings. The molecule has 0 aliphatic carbocycles. The summed E-state index contributed by atoms with van der Waals surface area (Å²) in [7, 11) is 0. The predicted molar refractivity (Wildman–Crippen MR) is 137 cm³/mol. The predicted octanol–water partition coefficient (Wildman–Crippen LogP) is 4.64. The Morgan fingerprint density at radius 2 is 1.62 bits per heavy atom. The van der Waals surface area contributed by atoms with Gasteiger partial charge in [0.2, 0.25) is 5.91 Å². The van der Waals surface area contributed by atoms with E-state index in [0.717, 1.165) is 13.0 Å². The molecule has 5 rings (SSSR count). The van der Waals surface area contributed by atoms with E-state index >= 15 is 0 Å². The van der Waals surface area contributed by atoms with Crippen molar-refractivity contribution in [1.82, 2.24) is 14.7 Å². The van der Waals surface area contributed by atoms with Crippen LogP contribution in [0.4, 0.5) is 0 Å². The molecule has 1 unspecified atom stereocenters. The van der Waals surface area contributed by atoms with Crippen LogP contribution in [0.25, 0.3) is 0 Å². The molecular weight excluding hydrogens is 466 g/mol. The number of aryl methyl sites for hydroxylation is 1. The van der Waals surface area contributed by atoms with Crippen molar-refractivity contribution in [3.8, 4) is 0 Å². The average Bonchev–Trinajstić information content (AvgIpc) is 3.34. The molecule has 2 amide bonds. The third kappa shape index (κ3) is 4.63. The first kappa shape index (κ1) is 23.1. The molecule has 34 heavy (non-hydrogen) atoms. The zero-order valence-electron chi connectivity index (χ0n) is 19.2. The molecule has 0 saturated carbocycles. The normalized spacial score (nSPS) is 18.6. The minimum atomic E-state index is -0.00981. The van der Waals surface area contributed by atoms with Crippen LogP contribution < -0.4 is 0 Å². The Balaban J connectivity index is 1.26. The van der Waals surface area contributed by atoms with E-state index in [2.05, 4.69) is 47.5 Å². The van der Waals surface area contributed by atoms with Gasteiger partial charge in [0.15, 0.2) is 0 Å². The van der Waals surface area contributed by atoms with Crippen LogP contribution >= 0.6 is 22.9 Å². The SMILES string of the molecule is Cc1ccccc1C1c2ccsc2CCN1CC(=O)N1CCN(C(=O)c2ccc(Cl)cc2)CC1. The van der Waals surface area contributed by atoms with Crippen LogP contribution in [0, 0.1) is 6.92 Å². The van der Waals surface area contributed by atoms with Gasteiger partial charge >= 0.3 is 0 Å². The molecule has 3 aromatic rings. The number of carbonyl (C=O) groups excluding carboxylic acids is 2. The molecule has 0 bridgehead atoms. The van der Waals surface area contributed by atoms with E-state index in [1.807, 2.05) is 21.1 Å². The first-order valence-corrected chi connectivity index (χ1v) is 13.0. The van der Waals surface area contributed by atoms with Crippen LogP contribution in [-0.4, -0.2) is 65.8 Å². The highest BCUT2D eigenvalue weighted by atomic mass is 35.5. The summed E-state index contributed by atoms with van der Waals surface area (Å²) in [6.45, 7) is 5.61. The van der Waals surface area contributed by atoms with Gasteiger partial charge < -0.3 is 9.80 Å². The number of fused-ring (bicyclic) bond motifs is 1. The summed E-state index contributed by atoms with van der Waals surface area (Å²) in [6.07, 6.45) is 0.978. The number of amides is 2. The van der Waals surface area contributed by atoms with E-state index in [9.17, 15) is 9.59 Å². The summed E-state index contributed by atoms with van der Waals surface area (Å²) >= 11 is 7.76. The van der Waals surface area contributed by atoms with Gasteiger partial charge in [0.25, 0.3) is 5.91 Å². The van der Waals surface area contributed by atoms with Crippen LogP contribution in [0.5, 0.6) is 0 Å². The lowest BCUT2D eigenvalue weighted by molar-refractivity contribution is -0.134. The van der Waals surface area contributed by atoms with Crippen LogP contribution in [0.3, 0.4) is 0 Å². The minimum Gasteiger partial charge on any atom is -0.338 e. The summed E-state index contributed by atoms with van der Waals surface area (Å²) < 4.78 is 0. The van der Waals surface area contributed by atoms with Crippen molar-refractivity contribution in [3.63, 3.8) is 0 Å². The first-order valence-electron chi connectivity index (χ1n) is 11.7. The van der Waals surface area contributed by atoms with Gasteiger partial charge in [0.1, 0.15) is 0 Å². The van der Waals surface area contributed by atoms with Crippen LogP contribution in [0.1, 0.15) is 38.0 Å². The van der Waals surface area contributed by atoms with Crippen molar-refractivity contribution in [2.45, 2.75) is 19.4 Å². The number of carbonyl (C=O) groups is 2. The minimum absolute atomic E-state index is 0.00981. The lowest BCUT2D eigenvalue weighted by Gasteiger charge is -2.39. The van der Waals surface area contributed by atoms with Gasteiger partial charge in [0, 0.05) is 48.2 Å². The molecule has 1 fully saturated rings. The topological polar surface area (TPSA) is 43.9 Å². The standard InChI is InChI=1S/C27H28ClN3O2S/c1-19-4-2-3-5-22(19)26-23-11-17-34-24(23)10-12-31(26)18-25(32)29-13-15-30(16-14-29)27(33)20-6-8-21(28)9-7-20/h2-9,11,17,26H,10,12-16,18H2,1H3. The molecular formula is C27H28ClN3O2S. The van der Waals surface area contributed by atoms with Gasteiger partial charge in [-0.25, -0.2) is 0 Å². The maximum absolute atomic E-state index is 13.3. The monoisotopic (exact) mass is 493 g/mol. The molecule has 1 atom stereocenters. The number of hydrogen-bond donors (Lipinski definition) is 0. The summed E-state index contributed by atoms with van der Waals surface area (Å²) in [4.78, 5) is 33.6. The molecule has 5 nitrogen and oxygen atoms in total. The summed E-state index contributed by atoms with van der Waals surface area (Å²) in [5, 5.41) is 2.78. The van der Waals surface area contributed by atoms with Crippen LogP contribution in [0.2, 0.25) is 5.02 Å². The highest BCUT2D eigenvalue weighted by molar-refractivity contribution is 7.10. The molecule has 2 aliphatic heterocycles. The van der Waals surface area contributed by atoms with Crippen molar-refractivity contribution in [2.75, 3.05) is 39.3 Å². The number of piperazine rings is 1. The fraction of sp³-hybridized carbons (Fsp3) is 0.333. The number of nitrogens with zero attached hydrogens (tertiary/aromatic N) is 3. The van der Waals surface area contributed by atoms with Gasteiger partial charge in [-0.15, -0.1) is 11.3 Å². The second-order valence-corrected chi connectivity index (χ2v) is 10.4. The van der Waals surface area contributed by atoms with Crippen molar-refractivity contribution >= 4 is 34.8 Å². The number of benzene rings is 2. The molecule has 176 valence electrons. The van der Waals surface area contributed by atoms with Gasteiger partial charge in [-0.3, -0.25) is 14.5 Å². The number of halogens is 1. The maximum Gasteiger partial charge on any atom is 0.253 e. The third-order valence-corrected chi connectivity index (χ3v) is 8.15. The zero-order chi connectivity index (χ0) is 23.7. The van der Waals surface area contributed by atoms with Crippen LogP contribution in [-0.2, 0) is 11.2 Å². The molecule has 3 heterocycles. The second kappa shape index (κ2) is 9.90. The Morgan fingerprint density at radius 3 is 2.35 bits per heavy atom. The highest BCUT2D eigenvalue weighted by Gasteiger charge is 2.33. The molecule has 1 aromatic heterocycles. The highest BCUT2D eigenvalue weighted by Crippen LogP contribution is 2.38. The first-order chi connectivity index (χ1) is 16.5. The molecule has 0 spiro atoms. The number of hydrogen-bond acceptors (Lipinski definition) is 4. The van der Waals surface area contributed by atoms with E-state index in [4.69, 9.17) is 11.6 Å². The quantitative estimate of drug-likeness (QED) is 0.531. The molecule has 0 radical (unpaired) electrons. The fourth-order valence-corrected chi connectivity index (χ4v) is 6.03. The van der Waals surface area contributed by atoms with E-state index in [1.54, 1.807) is 24.3 Å². The summed E-state index contributed by atoms with van der Waals surface area (Å²) in [6, 6.07) is 17.8. The molecule has 7 heteroatoms. The van der Waals surface area contributed by atoms with Gasteiger partial charge in [-0.05, 0) is 65.7 Å². The van der Waals surface area contributed by atoms with E-state index in [0.29, 0.717) is 43.3 Å². The summed E-state index contributed by atoms with van der Waals surface area (Å²) in [5.74, 6) is 0.125. The Labute approximate surface area is 209 Å². The molecule has 2 aromatic carbocycles. The number of rotatable bonds is 4. The van der Waals surface area contributed by atoms with Crippen molar-refractivity contribution < 1.29 is 9.59 Å². The Kier molecular flexibility index (Phi) is 6.73. The van der Waals surface area contributed by atoms with Gasteiger partial charge in [0.05, 0.1) is 12.6 Å². The van der Waals surface area contributed by atoms with Crippen molar-refractivity contribution in [2.24, 2.45) is 0 Å². The molecule has 0 N–H and O–H groups in total. The smallest absolute Gasteiger partial charge is 0.253 e. The fourth-order valence-electron chi connectivity index (χ4n) is 5.00. The largest absolute Gasteiger partial charge is 0.338 e. The van der Waals surface area contributed by atoms with E-state index in [-0.39, 0.29) is 17.9 Å². The van der Waals surface area contributed by atoms with Crippen molar-refractivity contribution in [1.29, 1.82) is 0 Å². The van der Waals surface area contributed by atoms with Crippen LogP contribution in [0.15, 0.2) is 60.0 Å². The maximum atomic E-state index is 13.3. The second-order valence-electron chi connectivity index (χ2n) is 8.96.